The normalized spacial score (nSPS) is 18.2. The fraction of sp³-hybridized carbons (Fsp3) is 0.538. The van der Waals surface area contributed by atoms with Crippen LogP contribution >= 0.6 is 0 Å². The van der Waals surface area contributed by atoms with Gasteiger partial charge >= 0.3 is 6.18 Å². The van der Waals surface area contributed by atoms with Crippen molar-refractivity contribution in [2.45, 2.75) is 31.7 Å². The van der Waals surface area contributed by atoms with E-state index in [1.165, 1.54) is 23.2 Å². The third-order valence-electron chi connectivity index (χ3n) is 3.26. The van der Waals surface area contributed by atoms with E-state index < -0.39 is 24.2 Å². The number of alkyl halides is 3. The van der Waals surface area contributed by atoms with Crippen molar-refractivity contribution >= 4 is 5.91 Å². The first kappa shape index (κ1) is 15.6. The average molecular weight is 303 g/mol. The lowest BCUT2D eigenvalue weighted by molar-refractivity contribution is -0.242. The van der Waals surface area contributed by atoms with Gasteiger partial charge in [0, 0.05) is 19.3 Å². The van der Waals surface area contributed by atoms with Gasteiger partial charge in [-0.1, -0.05) is 6.42 Å². The van der Waals surface area contributed by atoms with E-state index in [0.29, 0.717) is 25.9 Å². The number of amides is 1. The Bertz CT molecular complexity index is 502. The maximum absolute atomic E-state index is 13.2. The summed E-state index contributed by atoms with van der Waals surface area (Å²) in [7, 11) is 0. The first-order valence-corrected chi connectivity index (χ1v) is 6.62. The number of nitrogens with two attached hydrogens (primary N) is 1. The molecule has 2 heterocycles. The number of rotatable bonds is 4. The Balaban J connectivity index is 2.25. The molecule has 2 N–H and O–H groups in total. The number of halogens is 3. The van der Waals surface area contributed by atoms with E-state index in [0.717, 1.165) is 6.42 Å². The van der Waals surface area contributed by atoms with Crippen molar-refractivity contribution in [3.05, 3.63) is 23.9 Å². The van der Waals surface area contributed by atoms with E-state index in [1.807, 2.05) is 0 Å². The Morgan fingerprint density at radius 3 is 2.57 bits per heavy atom. The van der Waals surface area contributed by atoms with Crippen LogP contribution in [0.5, 0.6) is 5.88 Å². The summed E-state index contributed by atoms with van der Waals surface area (Å²) >= 11 is 0. The van der Waals surface area contributed by atoms with Crippen LogP contribution in [0.1, 0.15) is 29.6 Å². The van der Waals surface area contributed by atoms with Gasteiger partial charge in [-0.15, -0.1) is 0 Å². The van der Waals surface area contributed by atoms with Crippen molar-refractivity contribution in [1.29, 1.82) is 0 Å². The number of ether oxygens (including phenoxy) is 1. The molecule has 0 saturated carbocycles. The van der Waals surface area contributed by atoms with E-state index in [-0.39, 0.29) is 5.56 Å². The molecule has 8 heteroatoms. The Kier molecular flexibility index (Phi) is 4.66. The molecular formula is C13H16F3N3O2. The Morgan fingerprint density at radius 2 is 2.00 bits per heavy atom. The number of aromatic nitrogens is 1. The molecule has 5 nitrogen and oxygen atoms in total. The van der Waals surface area contributed by atoms with Crippen molar-refractivity contribution in [3.63, 3.8) is 0 Å². The minimum absolute atomic E-state index is 0.163. The summed E-state index contributed by atoms with van der Waals surface area (Å²) in [5.41, 5.74) is 4.96. The van der Waals surface area contributed by atoms with Crippen LogP contribution in [0.15, 0.2) is 18.3 Å². The van der Waals surface area contributed by atoms with Crippen LogP contribution in [-0.4, -0.2) is 41.3 Å². The molecule has 0 spiro atoms. The van der Waals surface area contributed by atoms with Crippen LogP contribution < -0.4 is 10.5 Å². The highest BCUT2D eigenvalue weighted by molar-refractivity contribution is 5.94. The molecule has 0 aromatic carbocycles. The first-order chi connectivity index (χ1) is 9.89. The average Bonchev–Trinajstić information content (AvgIpc) is 2.44. The van der Waals surface area contributed by atoms with Gasteiger partial charge in [0.1, 0.15) is 5.56 Å². The third-order valence-corrected chi connectivity index (χ3v) is 3.26. The number of piperidine rings is 1. The van der Waals surface area contributed by atoms with E-state index in [2.05, 4.69) is 4.98 Å². The summed E-state index contributed by atoms with van der Waals surface area (Å²) < 4.78 is 44.6. The molecule has 21 heavy (non-hydrogen) atoms. The molecule has 2 rings (SSSR count). The number of carbonyl (C=O) groups excluding carboxylic acids is 1. The lowest BCUT2D eigenvalue weighted by Crippen LogP contribution is -2.51. The minimum atomic E-state index is -4.58. The van der Waals surface area contributed by atoms with Crippen LogP contribution in [-0.2, 0) is 0 Å². The lowest BCUT2D eigenvalue weighted by Gasteiger charge is -2.35. The Morgan fingerprint density at radius 1 is 1.33 bits per heavy atom. The maximum atomic E-state index is 13.2. The summed E-state index contributed by atoms with van der Waals surface area (Å²) in [6.07, 6.45) is -3.18. The van der Waals surface area contributed by atoms with Gasteiger partial charge in [-0.3, -0.25) is 9.69 Å². The summed E-state index contributed by atoms with van der Waals surface area (Å²) in [6, 6.07) is 2.70. The van der Waals surface area contributed by atoms with Gasteiger partial charge in [-0.25, -0.2) is 4.98 Å². The van der Waals surface area contributed by atoms with Crippen molar-refractivity contribution in [3.8, 4) is 5.88 Å². The molecule has 1 unspecified atom stereocenters. The topological polar surface area (TPSA) is 68.5 Å². The number of hydrogen-bond acceptors (Lipinski definition) is 4. The molecule has 0 bridgehead atoms. The second kappa shape index (κ2) is 6.30. The molecule has 1 amide bonds. The van der Waals surface area contributed by atoms with Gasteiger partial charge in [0.25, 0.3) is 12.1 Å². The number of pyridine rings is 1. The summed E-state index contributed by atoms with van der Waals surface area (Å²) in [6.45, 7) is 0.589. The Hall–Kier alpha value is -1.83. The third kappa shape index (κ3) is 3.84. The van der Waals surface area contributed by atoms with Gasteiger partial charge in [-0.05, 0) is 25.0 Å². The fourth-order valence-electron chi connectivity index (χ4n) is 2.28. The zero-order chi connectivity index (χ0) is 15.5. The summed E-state index contributed by atoms with van der Waals surface area (Å²) in [5, 5.41) is 0. The van der Waals surface area contributed by atoms with Gasteiger partial charge in [0.15, 0.2) is 0 Å². The molecule has 116 valence electrons. The van der Waals surface area contributed by atoms with Crippen molar-refractivity contribution in [2.24, 2.45) is 5.73 Å². The zero-order valence-corrected chi connectivity index (χ0v) is 11.3. The quantitative estimate of drug-likeness (QED) is 0.923. The molecule has 1 fully saturated rings. The second-order valence-corrected chi connectivity index (χ2v) is 4.83. The van der Waals surface area contributed by atoms with Crippen LogP contribution in [0.4, 0.5) is 13.2 Å². The zero-order valence-electron chi connectivity index (χ0n) is 11.3. The smallest absolute Gasteiger partial charge is 0.439 e. The van der Waals surface area contributed by atoms with E-state index >= 15 is 0 Å². The number of hydrogen-bond donors (Lipinski definition) is 1. The fourth-order valence-corrected chi connectivity index (χ4v) is 2.28. The molecule has 1 atom stereocenters. The van der Waals surface area contributed by atoms with Gasteiger partial charge in [0.2, 0.25) is 5.88 Å². The van der Waals surface area contributed by atoms with Crippen molar-refractivity contribution in [1.82, 2.24) is 9.88 Å². The molecule has 1 saturated heterocycles. The molecule has 1 aliphatic heterocycles. The summed E-state index contributed by atoms with van der Waals surface area (Å²) in [4.78, 5) is 16.1. The monoisotopic (exact) mass is 303 g/mol. The SMILES string of the molecule is NC(=O)c1cccnc1OC(N1CCCCC1)C(F)(F)F. The summed E-state index contributed by atoms with van der Waals surface area (Å²) in [5.74, 6) is -1.27. The van der Waals surface area contributed by atoms with Gasteiger partial charge in [0.05, 0.1) is 0 Å². The van der Waals surface area contributed by atoms with E-state index in [1.54, 1.807) is 0 Å². The largest absolute Gasteiger partial charge is 0.448 e. The highest BCUT2D eigenvalue weighted by atomic mass is 19.4. The predicted octanol–water partition coefficient (Wildman–Crippen LogP) is 1.93. The first-order valence-electron chi connectivity index (χ1n) is 6.62. The van der Waals surface area contributed by atoms with Gasteiger partial charge < -0.3 is 10.5 Å². The highest BCUT2D eigenvalue weighted by Gasteiger charge is 2.46. The second-order valence-electron chi connectivity index (χ2n) is 4.83. The lowest BCUT2D eigenvalue weighted by atomic mass is 10.1. The van der Waals surface area contributed by atoms with Gasteiger partial charge in [-0.2, -0.15) is 13.2 Å². The van der Waals surface area contributed by atoms with Crippen LogP contribution in [0.3, 0.4) is 0 Å². The predicted molar refractivity (Wildman–Crippen MR) is 68.6 cm³/mol. The van der Waals surface area contributed by atoms with Crippen molar-refractivity contribution < 1.29 is 22.7 Å². The van der Waals surface area contributed by atoms with Crippen molar-refractivity contribution in [2.75, 3.05) is 13.1 Å². The molecule has 1 aromatic heterocycles. The maximum Gasteiger partial charge on any atom is 0.439 e. The minimum Gasteiger partial charge on any atom is -0.448 e. The highest BCUT2D eigenvalue weighted by Crippen LogP contribution is 2.30. The van der Waals surface area contributed by atoms with E-state index in [9.17, 15) is 18.0 Å². The number of primary amides is 1. The molecule has 0 radical (unpaired) electrons. The van der Waals surface area contributed by atoms with Crippen LogP contribution in [0.25, 0.3) is 0 Å². The molecule has 0 aliphatic carbocycles. The Labute approximate surface area is 119 Å². The van der Waals surface area contributed by atoms with E-state index in [4.69, 9.17) is 10.5 Å². The van der Waals surface area contributed by atoms with Crippen LogP contribution in [0.2, 0.25) is 0 Å². The number of carbonyl (C=O) groups is 1. The number of likely N-dealkylation sites (tertiary alicyclic amines) is 1. The van der Waals surface area contributed by atoms with Crippen LogP contribution in [0, 0.1) is 0 Å². The molecule has 1 aromatic rings. The molecule has 1 aliphatic rings. The standard InChI is InChI=1S/C13H16F3N3O2/c14-13(15,16)12(19-7-2-1-3-8-19)21-11-9(10(17)20)5-4-6-18-11/h4-6,12H,1-3,7-8H2,(H2,17,20). The number of nitrogens with zero attached hydrogens (tertiary/aromatic N) is 2. The molecular weight excluding hydrogens is 287 g/mol.